The van der Waals surface area contributed by atoms with Crippen LogP contribution in [0.4, 0.5) is 5.13 Å². The molecular formula is C13H20N2O3S. The predicted molar refractivity (Wildman–Crippen MR) is 74.7 cm³/mol. The zero-order chi connectivity index (χ0) is 13.7. The Kier molecular flexibility index (Phi) is 5.15. The lowest BCUT2D eigenvalue weighted by Gasteiger charge is -2.32. The van der Waals surface area contributed by atoms with E-state index < -0.39 is 0 Å². The molecular weight excluding hydrogens is 264 g/mol. The topological polar surface area (TPSA) is 51.7 Å². The molecule has 1 aliphatic heterocycles. The van der Waals surface area contributed by atoms with E-state index in [1.807, 2.05) is 12.3 Å². The summed E-state index contributed by atoms with van der Waals surface area (Å²) in [6, 6.07) is 0. The van der Waals surface area contributed by atoms with Crippen LogP contribution in [-0.2, 0) is 20.7 Å². The number of nitrogens with zero attached hydrogens (tertiary/aromatic N) is 2. The van der Waals surface area contributed by atoms with Crippen molar-refractivity contribution in [3.63, 3.8) is 0 Å². The predicted octanol–water partition coefficient (Wildman–Crippen LogP) is 1.86. The van der Waals surface area contributed by atoms with Crippen LogP contribution in [0.1, 0.15) is 25.5 Å². The lowest BCUT2D eigenvalue weighted by Crippen LogP contribution is -2.39. The van der Waals surface area contributed by atoms with Crippen molar-refractivity contribution in [3.8, 4) is 0 Å². The third-order valence-corrected chi connectivity index (χ3v) is 4.09. The summed E-state index contributed by atoms with van der Waals surface area (Å²) in [5, 5.41) is 2.90. The van der Waals surface area contributed by atoms with Crippen molar-refractivity contribution < 1.29 is 14.3 Å². The Morgan fingerprint density at radius 3 is 3.21 bits per heavy atom. The Labute approximate surface area is 117 Å². The van der Waals surface area contributed by atoms with Crippen LogP contribution in [0.5, 0.6) is 0 Å². The van der Waals surface area contributed by atoms with Crippen molar-refractivity contribution in [3.05, 3.63) is 11.1 Å². The molecule has 1 saturated heterocycles. The molecule has 0 saturated carbocycles. The summed E-state index contributed by atoms with van der Waals surface area (Å²) >= 11 is 1.58. The van der Waals surface area contributed by atoms with Gasteiger partial charge in [-0.05, 0) is 19.8 Å². The average Bonchev–Trinajstić information content (AvgIpc) is 2.88. The summed E-state index contributed by atoms with van der Waals surface area (Å²) in [7, 11) is 1.40. The molecule has 19 heavy (non-hydrogen) atoms. The van der Waals surface area contributed by atoms with Crippen LogP contribution >= 0.6 is 11.3 Å². The number of methoxy groups -OCH3 is 1. The number of piperidine rings is 1. The number of carbonyl (C=O) groups is 1. The first-order valence-electron chi connectivity index (χ1n) is 6.60. The Morgan fingerprint density at radius 2 is 2.47 bits per heavy atom. The Bertz CT molecular complexity index is 420. The number of carbonyl (C=O) groups excluding carboxylic acids is 1. The van der Waals surface area contributed by atoms with E-state index in [4.69, 9.17) is 4.74 Å². The number of hydrogen-bond donors (Lipinski definition) is 0. The van der Waals surface area contributed by atoms with Gasteiger partial charge in [-0.25, -0.2) is 4.98 Å². The second-order valence-electron chi connectivity index (χ2n) is 4.54. The molecule has 1 atom stereocenters. The normalized spacial score (nSPS) is 19.5. The largest absolute Gasteiger partial charge is 0.469 e. The standard InChI is InChI=1S/C13H20N2O3S/c1-3-18-11-5-4-6-15(8-11)13-14-10(9-19-13)7-12(16)17-2/h9,11H,3-8H2,1-2H3. The van der Waals surface area contributed by atoms with Crippen molar-refractivity contribution in [1.82, 2.24) is 4.98 Å². The molecule has 0 radical (unpaired) electrons. The van der Waals surface area contributed by atoms with Crippen molar-refractivity contribution in [2.45, 2.75) is 32.3 Å². The molecule has 0 aliphatic carbocycles. The highest BCUT2D eigenvalue weighted by atomic mass is 32.1. The number of thiazole rings is 1. The summed E-state index contributed by atoms with van der Waals surface area (Å²) in [5.41, 5.74) is 0.783. The van der Waals surface area contributed by atoms with Crippen molar-refractivity contribution >= 4 is 22.4 Å². The molecule has 106 valence electrons. The average molecular weight is 284 g/mol. The molecule has 2 rings (SSSR count). The Hall–Kier alpha value is -1.14. The maximum atomic E-state index is 11.2. The van der Waals surface area contributed by atoms with Crippen LogP contribution in [0.15, 0.2) is 5.38 Å². The highest BCUT2D eigenvalue weighted by Gasteiger charge is 2.22. The maximum absolute atomic E-state index is 11.2. The van der Waals surface area contributed by atoms with Crippen LogP contribution in [0.3, 0.4) is 0 Å². The monoisotopic (exact) mass is 284 g/mol. The lowest BCUT2D eigenvalue weighted by molar-refractivity contribution is -0.139. The minimum atomic E-state index is -0.248. The number of esters is 1. The number of hydrogen-bond acceptors (Lipinski definition) is 6. The summed E-state index contributed by atoms with van der Waals surface area (Å²) < 4.78 is 10.3. The molecule has 6 heteroatoms. The Balaban J connectivity index is 1.95. The molecule has 2 heterocycles. The van der Waals surface area contributed by atoms with Gasteiger partial charge < -0.3 is 14.4 Å². The second-order valence-corrected chi connectivity index (χ2v) is 5.38. The Morgan fingerprint density at radius 1 is 1.63 bits per heavy atom. The molecule has 5 nitrogen and oxygen atoms in total. The number of aromatic nitrogens is 1. The van der Waals surface area contributed by atoms with Gasteiger partial charge in [-0.3, -0.25) is 4.79 Å². The fourth-order valence-electron chi connectivity index (χ4n) is 2.23. The van der Waals surface area contributed by atoms with Gasteiger partial charge in [0.15, 0.2) is 5.13 Å². The number of rotatable bonds is 5. The van der Waals surface area contributed by atoms with E-state index in [9.17, 15) is 4.79 Å². The van der Waals surface area contributed by atoms with Gasteiger partial charge in [0.05, 0.1) is 25.3 Å². The van der Waals surface area contributed by atoms with E-state index in [-0.39, 0.29) is 12.4 Å². The minimum Gasteiger partial charge on any atom is -0.469 e. The van der Waals surface area contributed by atoms with Crippen LogP contribution in [-0.4, -0.2) is 43.9 Å². The highest BCUT2D eigenvalue weighted by Crippen LogP contribution is 2.25. The van der Waals surface area contributed by atoms with Crippen LogP contribution in [0, 0.1) is 0 Å². The summed E-state index contributed by atoms with van der Waals surface area (Å²) in [6.07, 6.45) is 2.78. The molecule has 0 amide bonds. The molecule has 0 bridgehead atoms. The number of anilines is 1. The van der Waals surface area contributed by atoms with E-state index in [1.165, 1.54) is 7.11 Å². The zero-order valence-electron chi connectivity index (χ0n) is 11.4. The quantitative estimate of drug-likeness (QED) is 0.773. The van der Waals surface area contributed by atoms with Gasteiger partial charge in [0, 0.05) is 25.1 Å². The first-order chi connectivity index (χ1) is 9.22. The minimum absolute atomic E-state index is 0.246. The molecule has 1 aromatic heterocycles. The second kappa shape index (κ2) is 6.86. The molecule has 0 N–H and O–H groups in total. The fourth-order valence-corrected chi connectivity index (χ4v) is 3.09. The smallest absolute Gasteiger partial charge is 0.311 e. The van der Waals surface area contributed by atoms with Crippen molar-refractivity contribution in [2.75, 3.05) is 31.7 Å². The SMILES string of the molecule is CCOC1CCCN(c2nc(CC(=O)OC)cs2)C1. The molecule has 1 unspecified atom stereocenters. The van der Waals surface area contributed by atoms with E-state index in [0.29, 0.717) is 6.10 Å². The van der Waals surface area contributed by atoms with Gasteiger partial charge in [-0.2, -0.15) is 0 Å². The van der Waals surface area contributed by atoms with E-state index in [2.05, 4.69) is 14.6 Å². The highest BCUT2D eigenvalue weighted by molar-refractivity contribution is 7.13. The molecule has 0 aromatic carbocycles. The molecule has 0 spiro atoms. The maximum Gasteiger partial charge on any atom is 0.311 e. The molecule has 1 fully saturated rings. The van der Waals surface area contributed by atoms with E-state index >= 15 is 0 Å². The molecule has 1 aliphatic rings. The lowest BCUT2D eigenvalue weighted by atomic mass is 10.1. The summed E-state index contributed by atoms with van der Waals surface area (Å²) in [4.78, 5) is 18.0. The van der Waals surface area contributed by atoms with E-state index in [1.54, 1.807) is 11.3 Å². The third kappa shape index (κ3) is 3.91. The van der Waals surface area contributed by atoms with Crippen molar-refractivity contribution in [2.24, 2.45) is 0 Å². The van der Waals surface area contributed by atoms with Gasteiger partial charge in [-0.1, -0.05) is 0 Å². The van der Waals surface area contributed by atoms with E-state index in [0.717, 1.165) is 43.4 Å². The first-order valence-corrected chi connectivity index (χ1v) is 7.48. The van der Waals surface area contributed by atoms with Gasteiger partial charge in [0.25, 0.3) is 0 Å². The van der Waals surface area contributed by atoms with Gasteiger partial charge in [-0.15, -0.1) is 11.3 Å². The number of ether oxygens (including phenoxy) is 2. The third-order valence-electron chi connectivity index (χ3n) is 3.14. The van der Waals surface area contributed by atoms with Crippen LogP contribution in [0.25, 0.3) is 0 Å². The van der Waals surface area contributed by atoms with Crippen LogP contribution in [0.2, 0.25) is 0 Å². The van der Waals surface area contributed by atoms with Gasteiger partial charge in [0.1, 0.15) is 0 Å². The molecule has 1 aromatic rings. The first kappa shape index (κ1) is 14.3. The van der Waals surface area contributed by atoms with Gasteiger partial charge in [0.2, 0.25) is 0 Å². The summed E-state index contributed by atoms with van der Waals surface area (Å²) in [6.45, 7) is 4.68. The zero-order valence-corrected chi connectivity index (χ0v) is 12.2. The van der Waals surface area contributed by atoms with Crippen LogP contribution < -0.4 is 4.90 Å². The van der Waals surface area contributed by atoms with Gasteiger partial charge >= 0.3 is 5.97 Å². The fraction of sp³-hybridized carbons (Fsp3) is 0.692. The summed E-state index contributed by atoms with van der Waals surface area (Å²) in [5.74, 6) is -0.248. The van der Waals surface area contributed by atoms with Crippen molar-refractivity contribution in [1.29, 1.82) is 0 Å².